The smallest absolute Gasteiger partial charge is 0.0488 e. The first-order valence-corrected chi connectivity index (χ1v) is 20.0. The highest BCUT2D eigenvalue weighted by atomic mass is 15.1. The van der Waals surface area contributed by atoms with Crippen LogP contribution in [0, 0.1) is 13.8 Å². The highest BCUT2D eigenvalue weighted by Crippen LogP contribution is 2.43. The quantitative estimate of drug-likeness (QED) is 0.124. The number of benzene rings is 10. The van der Waals surface area contributed by atoms with Crippen LogP contribution in [0.1, 0.15) is 11.1 Å². The van der Waals surface area contributed by atoms with E-state index in [0.717, 1.165) is 0 Å². The lowest BCUT2D eigenvalue weighted by molar-refractivity contribution is 1.20. The Kier molecular flexibility index (Phi) is 11.0. The zero-order valence-electron chi connectivity index (χ0n) is 34.0. The SMILES string of the molecule is CN(c1ccccc1)c1ccc2c3cccc4cccc(c5cccc1c52)c43.Cc1ccc(N(C)c2ccccc2)cc1.Cc1cccc(N(C)c2ccccc2)c1. The van der Waals surface area contributed by atoms with Crippen LogP contribution in [0.2, 0.25) is 0 Å². The van der Waals surface area contributed by atoms with Gasteiger partial charge < -0.3 is 14.7 Å². The molecule has 0 saturated heterocycles. The number of aryl methyl sites for hydroxylation is 2. The van der Waals surface area contributed by atoms with E-state index in [-0.39, 0.29) is 0 Å². The summed E-state index contributed by atoms with van der Waals surface area (Å²) in [6.07, 6.45) is 0. The molecule has 10 rings (SSSR count). The van der Waals surface area contributed by atoms with Crippen molar-refractivity contribution >= 4 is 77.2 Å². The lowest BCUT2D eigenvalue weighted by Gasteiger charge is -2.23. The molecule has 0 aromatic heterocycles. The van der Waals surface area contributed by atoms with Crippen molar-refractivity contribution < 1.29 is 0 Å². The molecule has 0 aliphatic heterocycles. The standard InChI is InChI=1S/C27H19N.2C14H15N/c1-28(19-10-3-2-4-11-19)25-17-16-23-21-13-6-9-18-8-5-12-20(26(18)21)22-14-7-15-24(25)27(22)23;1-12-7-6-10-14(11-12)15(2)13-8-4-3-5-9-13;1-12-8-10-14(11-9-12)15(2)13-6-4-3-5-7-13/h2-17H,1H3;2*3-11H,1-2H3. The molecule has 58 heavy (non-hydrogen) atoms. The van der Waals surface area contributed by atoms with Gasteiger partial charge in [-0.05, 0) is 124 Å². The first kappa shape index (κ1) is 37.8. The molecule has 284 valence electrons. The minimum atomic E-state index is 1.20. The molecule has 0 bridgehead atoms. The van der Waals surface area contributed by atoms with Gasteiger partial charge in [0, 0.05) is 60.7 Å². The first-order valence-electron chi connectivity index (χ1n) is 20.0. The largest absolute Gasteiger partial charge is 0.345 e. The van der Waals surface area contributed by atoms with E-state index in [1.54, 1.807) is 0 Å². The van der Waals surface area contributed by atoms with Crippen LogP contribution in [0.3, 0.4) is 0 Å². The zero-order chi connectivity index (χ0) is 40.0. The molecule has 10 aromatic carbocycles. The Balaban J connectivity index is 0.000000133. The van der Waals surface area contributed by atoms with Gasteiger partial charge >= 0.3 is 0 Å². The van der Waals surface area contributed by atoms with Gasteiger partial charge in [-0.1, -0.05) is 145 Å². The number of fused-ring (bicyclic) bond motifs is 2. The normalized spacial score (nSPS) is 10.8. The molecule has 0 radical (unpaired) electrons. The second kappa shape index (κ2) is 17.0. The molecule has 0 aliphatic carbocycles. The molecule has 10 aromatic rings. The molecule has 0 unspecified atom stereocenters. The van der Waals surface area contributed by atoms with E-state index < -0.39 is 0 Å². The van der Waals surface area contributed by atoms with Crippen molar-refractivity contribution in [3.63, 3.8) is 0 Å². The van der Waals surface area contributed by atoms with Crippen LogP contribution in [0.5, 0.6) is 0 Å². The van der Waals surface area contributed by atoms with Crippen molar-refractivity contribution in [2.24, 2.45) is 0 Å². The number of rotatable bonds is 6. The summed E-state index contributed by atoms with van der Waals surface area (Å²) in [6.45, 7) is 4.22. The molecule has 0 heterocycles. The Labute approximate surface area is 343 Å². The van der Waals surface area contributed by atoms with Crippen molar-refractivity contribution in [1.82, 2.24) is 0 Å². The summed E-state index contributed by atoms with van der Waals surface area (Å²) in [5.74, 6) is 0. The van der Waals surface area contributed by atoms with Crippen LogP contribution < -0.4 is 14.7 Å². The molecular formula is C55H49N3. The van der Waals surface area contributed by atoms with E-state index >= 15 is 0 Å². The maximum absolute atomic E-state index is 2.30. The Morgan fingerprint density at radius 3 is 1.24 bits per heavy atom. The van der Waals surface area contributed by atoms with Crippen LogP contribution in [0.4, 0.5) is 34.1 Å². The Morgan fingerprint density at radius 1 is 0.276 bits per heavy atom. The topological polar surface area (TPSA) is 9.72 Å². The van der Waals surface area contributed by atoms with Crippen LogP contribution in [-0.2, 0) is 0 Å². The minimum Gasteiger partial charge on any atom is -0.345 e. The molecule has 0 N–H and O–H groups in total. The second-order valence-electron chi connectivity index (χ2n) is 14.9. The Morgan fingerprint density at radius 2 is 0.690 bits per heavy atom. The monoisotopic (exact) mass is 751 g/mol. The number of hydrogen-bond acceptors (Lipinski definition) is 3. The molecule has 3 heteroatoms. The van der Waals surface area contributed by atoms with Crippen molar-refractivity contribution in [2.75, 3.05) is 35.8 Å². The minimum absolute atomic E-state index is 1.20. The molecule has 3 nitrogen and oxygen atoms in total. The predicted octanol–water partition coefficient (Wildman–Crippen LogP) is 15.0. The fourth-order valence-electron chi connectivity index (χ4n) is 7.92. The van der Waals surface area contributed by atoms with Crippen molar-refractivity contribution in [1.29, 1.82) is 0 Å². The van der Waals surface area contributed by atoms with Gasteiger partial charge in [-0.15, -0.1) is 0 Å². The van der Waals surface area contributed by atoms with Gasteiger partial charge in [0.1, 0.15) is 0 Å². The van der Waals surface area contributed by atoms with Crippen molar-refractivity contribution in [2.45, 2.75) is 13.8 Å². The maximum Gasteiger partial charge on any atom is 0.0488 e. The van der Waals surface area contributed by atoms with Crippen molar-refractivity contribution in [3.8, 4) is 0 Å². The van der Waals surface area contributed by atoms with E-state index in [1.165, 1.54) is 88.3 Å². The Bertz CT molecular complexity index is 2840. The third-order valence-electron chi connectivity index (χ3n) is 11.1. The molecule has 0 amide bonds. The number of anilines is 6. The second-order valence-corrected chi connectivity index (χ2v) is 14.9. The molecular weight excluding hydrogens is 703 g/mol. The first-order chi connectivity index (χ1) is 28.4. The number of hydrogen-bond donors (Lipinski definition) is 0. The third kappa shape index (κ3) is 7.80. The predicted molar refractivity (Wildman–Crippen MR) is 254 cm³/mol. The van der Waals surface area contributed by atoms with E-state index in [4.69, 9.17) is 0 Å². The lowest BCUT2D eigenvalue weighted by Crippen LogP contribution is -2.09. The van der Waals surface area contributed by atoms with Gasteiger partial charge in [0.2, 0.25) is 0 Å². The van der Waals surface area contributed by atoms with E-state index in [0.29, 0.717) is 0 Å². The summed E-state index contributed by atoms with van der Waals surface area (Å²) < 4.78 is 0. The molecule has 0 spiro atoms. The zero-order valence-corrected chi connectivity index (χ0v) is 34.0. The summed E-state index contributed by atoms with van der Waals surface area (Å²) in [5, 5.41) is 10.7. The molecule has 0 saturated carbocycles. The maximum atomic E-state index is 2.30. The molecule has 0 fully saturated rings. The van der Waals surface area contributed by atoms with Gasteiger partial charge in [-0.2, -0.15) is 0 Å². The van der Waals surface area contributed by atoms with Gasteiger partial charge in [-0.25, -0.2) is 0 Å². The highest BCUT2D eigenvalue weighted by molar-refractivity contribution is 6.34. The Hall–Kier alpha value is -7.10. The third-order valence-corrected chi connectivity index (χ3v) is 11.1. The average Bonchev–Trinajstić information content (AvgIpc) is 3.29. The van der Waals surface area contributed by atoms with Gasteiger partial charge in [0.15, 0.2) is 0 Å². The number of para-hydroxylation sites is 3. The van der Waals surface area contributed by atoms with Crippen LogP contribution >= 0.6 is 0 Å². The summed E-state index contributed by atoms with van der Waals surface area (Å²) in [6, 6.07) is 72.9. The van der Waals surface area contributed by atoms with Crippen molar-refractivity contribution in [3.05, 3.63) is 217 Å². The fourth-order valence-corrected chi connectivity index (χ4v) is 7.92. The van der Waals surface area contributed by atoms with Gasteiger partial charge in [0.25, 0.3) is 0 Å². The van der Waals surface area contributed by atoms with E-state index in [1.807, 2.05) is 12.1 Å². The summed E-state index contributed by atoms with van der Waals surface area (Å²) in [5.41, 5.74) is 9.87. The van der Waals surface area contributed by atoms with Crippen LogP contribution in [0.25, 0.3) is 43.1 Å². The summed E-state index contributed by atoms with van der Waals surface area (Å²) >= 11 is 0. The average molecular weight is 752 g/mol. The van der Waals surface area contributed by atoms with E-state index in [2.05, 4.69) is 244 Å². The lowest BCUT2D eigenvalue weighted by atomic mass is 9.89. The fraction of sp³-hybridized carbons (Fsp3) is 0.0909. The van der Waals surface area contributed by atoms with E-state index in [9.17, 15) is 0 Å². The molecule has 0 atom stereocenters. The van der Waals surface area contributed by atoms with Gasteiger partial charge in [0.05, 0.1) is 0 Å². The highest BCUT2D eigenvalue weighted by Gasteiger charge is 2.16. The van der Waals surface area contributed by atoms with Crippen LogP contribution in [-0.4, -0.2) is 21.1 Å². The summed E-state index contributed by atoms with van der Waals surface area (Å²) in [7, 11) is 6.32. The van der Waals surface area contributed by atoms with Gasteiger partial charge in [-0.3, -0.25) is 0 Å². The van der Waals surface area contributed by atoms with Crippen LogP contribution in [0.15, 0.2) is 206 Å². The molecule has 0 aliphatic rings. The summed E-state index contributed by atoms with van der Waals surface area (Å²) in [4.78, 5) is 6.65. The number of nitrogens with zero attached hydrogens (tertiary/aromatic N) is 3.